The molecule has 1 aliphatic rings. The quantitative estimate of drug-likeness (QED) is 0.837. The Morgan fingerprint density at radius 1 is 1.53 bits per heavy atom. The lowest BCUT2D eigenvalue weighted by Crippen LogP contribution is -2.31. The summed E-state index contributed by atoms with van der Waals surface area (Å²) in [7, 11) is 2.11. The maximum absolute atomic E-state index is 11.9. The topological polar surface area (TPSA) is 57.3 Å². The summed E-state index contributed by atoms with van der Waals surface area (Å²) in [5, 5.41) is 6.12. The van der Waals surface area contributed by atoms with Crippen molar-refractivity contribution >= 4 is 11.6 Å². The van der Waals surface area contributed by atoms with E-state index in [4.69, 9.17) is 0 Å². The number of hydrogen-bond acceptors (Lipinski definition) is 4. The van der Waals surface area contributed by atoms with Gasteiger partial charge < -0.3 is 15.5 Å². The zero-order valence-electron chi connectivity index (χ0n) is 11.6. The van der Waals surface area contributed by atoms with E-state index in [-0.39, 0.29) is 5.91 Å². The number of pyridine rings is 1. The molecule has 2 heterocycles. The standard InChI is InChI=1S/C14H22N4O/c1-3-15-12-4-5-13(16-9-12)14(19)17-8-11-6-7-18(2)10-11/h4-5,9,11,15H,3,6-8,10H2,1-2H3,(H,17,19). The van der Waals surface area contributed by atoms with Gasteiger partial charge >= 0.3 is 0 Å². The minimum atomic E-state index is -0.0856. The summed E-state index contributed by atoms with van der Waals surface area (Å²) in [4.78, 5) is 18.4. The smallest absolute Gasteiger partial charge is 0.269 e. The average Bonchev–Trinajstić information content (AvgIpc) is 2.83. The van der Waals surface area contributed by atoms with Crippen LogP contribution in [0.4, 0.5) is 5.69 Å². The molecule has 19 heavy (non-hydrogen) atoms. The molecule has 1 aromatic heterocycles. The van der Waals surface area contributed by atoms with Gasteiger partial charge in [0.15, 0.2) is 0 Å². The van der Waals surface area contributed by atoms with Crippen LogP contribution >= 0.6 is 0 Å². The van der Waals surface area contributed by atoms with Gasteiger partial charge in [0.1, 0.15) is 5.69 Å². The maximum atomic E-state index is 11.9. The van der Waals surface area contributed by atoms with Crippen LogP contribution in [0.3, 0.4) is 0 Å². The molecule has 0 bridgehead atoms. The van der Waals surface area contributed by atoms with Crippen LogP contribution in [-0.4, -0.2) is 49.0 Å². The van der Waals surface area contributed by atoms with Crippen molar-refractivity contribution in [2.75, 3.05) is 38.5 Å². The second-order valence-corrected chi connectivity index (χ2v) is 5.09. The first-order valence-electron chi connectivity index (χ1n) is 6.85. The molecule has 1 fully saturated rings. The number of nitrogens with one attached hydrogen (secondary N) is 2. The van der Waals surface area contributed by atoms with Crippen molar-refractivity contribution in [3.05, 3.63) is 24.0 Å². The SMILES string of the molecule is CCNc1ccc(C(=O)NCC2CCN(C)C2)nc1. The van der Waals surface area contributed by atoms with Crippen LogP contribution < -0.4 is 10.6 Å². The molecule has 104 valence electrons. The molecule has 1 aromatic rings. The second kappa shape index (κ2) is 6.52. The van der Waals surface area contributed by atoms with E-state index in [1.165, 1.54) is 0 Å². The van der Waals surface area contributed by atoms with Crippen LogP contribution in [0.2, 0.25) is 0 Å². The van der Waals surface area contributed by atoms with E-state index >= 15 is 0 Å². The Balaban J connectivity index is 1.82. The largest absolute Gasteiger partial charge is 0.384 e. The lowest BCUT2D eigenvalue weighted by Gasteiger charge is -2.11. The zero-order valence-corrected chi connectivity index (χ0v) is 11.6. The Hall–Kier alpha value is -1.62. The summed E-state index contributed by atoms with van der Waals surface area (Å²) in [6.07, 6.45) is 2.85. The minimum Gasteiger partial charge on any atom is -0.384 e. The molecule has 0 aromatic carbocycles. The van der Waals surface area contributed by atoms with Gasteiger partial charge in [-0.25, -0.2) is 4.98 Å². The van der Waals surface area contributed by atoms with Gasteiger partial charge in [0.05, 0.1) is 11.9 Å². The molecule has 5 nitrogen and oxygen atoms in total. The number of anilines is 1. The third-order valence-corrected chi connectivity index (χ3v) is 3.42. The summed E-state index contributed by atoms with van der Waals surface area (Å²) in [6, 6.07) is 3.64. The second-order valence-electron chi connectivity index (χ2n) is 5.09. The van der Waals surface area contributed by atoms with Crippen molar-refractivity contribution in [3.63, 3.8) is 0 Å². The molecule has 0 aliphatic carbocycles. The fraction of sp³-hybridized carbons (Fsp3) is 0.571. The van der Waals surface area contributed by atoms with E-state index < -0.39 is 0 Å². The summed E-state index contributed by atoms with van der Waals surface area (Å²) in [6.45, 7) is 5.80. The lowest BCUT2D eigenvalue weighted by atomic mass is 10.1. The molecule has 2 N–H and O–H groups in total. The fourth-order valence-electron chi connectivity index (χ4n) is 2.36. The van der Waals surface area contributed by atoms with Gasteiger partial charge in [-0.05, 0) is 45.0 Å². The highest BCUT2D eigenvalue weighted by molar-refractivity contribution is 5.92. The van der Waals surface area contributed by atoms with Crippen molar-refractivity contribution in [1.82, 2.24) is 15.2 Å². The molecule has 0 radical (unpaired) electrons. The van der Waals surface area contributed by atoms with Crippen LogP contribution in [0.25, 0.3) is 0 Å². The van der Waals surface area contributed by atoms with Crippen LogP contribution in [0.15, 0.2) is 18.3 Å². The number of carbonyl (C=O) groups is 1. The molecular formula is C14H22N4O. The normalized spacial score (nSPS) is 19.4. The predicted octanol–water partition coefficient (Wildman–Crippen LogP) is 1.19. The molecule has 1 aliphatic heterocycles. The van der Waals surface area contributed by atoms with Crippen molar-refractivity contribution in [1.29, 1.82) is 0 Å². The van der Waals surface area contributed by atoms with E-state index in [1.807, 2.05) is 13.0 Å². The zero-order chi connectivity index (χ0) is 13.7. The Labute approximate surface area is 114 Å². The number of aromatic nitrogens is 1. The fourth-order valence-corrected chi connectivity index (χ4v) is 2.36. The highest BCUT2D eigenvalue weighted by atomic mass is 16.1. The number of likely N-dealkylation sites (tertiary alicyclic amines) is 1. The van der Waals surface area contributed by atoms with Crippen LogP contribution in [-0.2, 0) is 0 Å². The van der Waals surface area contributed by atoms with E-state index in [2.05, 4.69) is 27.6 Å². The number of hydrogen-bond donors (Lipinski definition) is 2. The van der Waals surface area contributed by atoms with Gasteiger partial charge in [-0.1, -0.05) is 0 Å². The van der Waals surface area contributed by atoms with Gasteiger partial charge in [-0.2, -0.15) is 0 Å². The first-order valence-corrected chi connectivity index (χ1v) is 6.85. The Morgan fingerprint density at radius 2 is 2.37 bits per heavy atom. The van der Waals surface area contributed by atoms with Crippen LogP contribution in [0.5, 0.6) is 0 Å². The van der Waals surface area contributed by atoms with E-state index in [9.17, 15) is 4.79 Å². The maximum Gasteiger partial charge on any atom is 0.269 e. The Bertz CT molecular complexity index is 418. The van der Waals surface area contributed by atoms with Crippen LogP contribution in [0, 0.1) is 5.92 Å². The van der Waals surface area contributed by atoms with Gasteiger partial charge in [-0.3, -0.25) is 4.79 Å². The monoisotopic (exact) mass is 262 g/mol. The third-order valence-electron chi connectivity index (χ3n) is 3.42. The molecule has 1 unspecified atom stereocenters. The summed E-state index contributed by atoms with van der Waals surface area (Å²) in [5.41, 5.74) is 1.42. The molecule has 5 heteroatoms. The number of amides is 1. The molecule has 2 rings (SSSR count). The summed E-state index contributed by atoms with van der Waals surface area (Å²) < 4.78 is 0. The van der Waals surface area contributed by atoms with Gasteiger partial charge in [0.25, 0.3) is 5.91 Å². The van der Waals surface area contributed by atoms with E-state index in [0.717, 1.165) is 38.3 Å². The highest BCUT2D eigenvalue weighted by Crippen LogP contribution is 2.13. The summed E-state index contributed by atoms with van der Waals surface area (Å²) >= 11 is 0. The number of rotatable bonds is 5. The molecule has 0 spiro atoms. The predicted molar refractivity (Wildman–Crippen MR) is 76.3 cm³/mol. The average molecular weight is 262 g/mol. The first-order chi connectivity index (χ1) is 9.19. The Morgan fingerprint density at radius 3 is 2.95 bits per heavy atom. The number of nitrogens with zero attached hydrogens (tertiary/aromatic N) is 2. The molecule has 0 saturated carbocycles. The molecule has 1 atom stereocenters. The first kappa shape index (κ1) is 13.8. The third kappa shape index (κ3) is 3.92. The van der Waals surface area contributed by atoms with Crippen molar-refractivity contribution < 1.29 is 4.79 Å². The van der Waals surface area contributed by atoms with Gasteiger partial charge in [0, 0.05) is 19.6 Å². The van der Waals surface area contributed by atoms with Crippen LogP contribution in [0.1, 0.15) is 23.8 Å². The number of carbonyl (C=O) groups excluding carboxylic acids is 1. The van der Waals surface area contributed by atoms with Crippen molar-refractivity contribution in [3.8, 4) is 0 Å². The van der Waals surface area contributed by atoms with Crippen molar-refractivity contribution in [2.45, 2.75) is 13.3 Å². The molecule has 1 amide bonds. The minimum absolute atomic E-state index is 0.0856. The van der Waals surface area contributed by atoms with E-state index in [1.54, 1.807) is 12.3 Å². The van der Waals surface area contributed by atoms with Gasteiger partial charge in [-0.15, -0.1) is 0 Å². The molecular weight excluding hydrogens is 240 g/mol. The van der Waals surface area contributed by atoms with Crippen molar-refractivity contribution in [2.24, 2.45) is 5.92 Å². The van der Waals surface area contributed by atoms with Gasteiger partial charge in [0.2, 0.25) is 0 Å². The Kier molecular flexibility index (Phi) is 4.74. The summed E-state index contributed by atoms with van der Waals surface area (Å²) in [5.74, 6) is 0.479. The lowest BCUT2D eigenvalue weighted by molar-refractivity contribution is 0.0942. The highest BCUT2D eigenvalue weighted by Gasteiger charge is 2.20. The molecule has 1 saturated heterocycles. The van der Waals surface area contributed by atoms with E-state index in [0.29, 0.717) is 11.6 Å².